The smallest absolute Gasteiger partial charge is 0.416 e. The standard InChI is InChI=1S/C14H13F4NO2/c1-20-7-9-3-5-12(21-9)13(19)10-6-8(14(16,17)18)2-4-11(10)15/h2-6,13H,7,19H2,1H3. The first-order valence-corrected chi connectivity index (χ1v) is 6.02. The minimum Gasteiger partial charge on any atom is -0.462 e. The molecule has 2 aromatic rings. The molecule has 1 aromatic heterocycles. The molecule has 0 aliphatic heterocycles. The van der Waals surface area contributed by atoms with E-state index in [4.69, 9.17) is 14.9 Å². The van der Waals surface area contributed by atoms with Gasteiger partial charge in [-0.25, -0.2) is 4.39 Å². The van der Waals surface area contributed by atoms with Crippen LogP contribution in [-0.2, 0) is 17.5 Å². The lowest BCUT2D eigenvalue weighted by Crippen LogP contribution is -2.15. The maximum absolute atomic E-state index is 13.7. The summed E-state index contributed by atoms with van der Waals surface area (Å²) in [6, 6.07) is 4.04. The van der Waals surface area contributed by atoms with Crippen molar-refractivity contribution in [2.24, 2.45) is 5.73 Å². The second kappa shape index (κ2) is 5.87. The van der Waals surface area contributed by atoms with E-state index in [1.807, 2.05) is 0 Å². The minimum absolute atomic E-state index is 0.167. The lowest BCUT2D eigenvalue weighted by atomic mass is 10.0. The Morgan fingerprint density at radius 3 is 2.57 bits per heavy atom. The Hall–Kier alpha value is -1.86. The highest BCUT2D eigenvalue weighted by atomic mass is 19.4. The lowest BCUT2D eigenvalue weighted by Gasteiger charge is -2.14. The SMILES string of the molecule is COCc1ccc(C(N)c2cc(C(F)(F)F)ccc2F)o1. The number of furan rings is 1. The molecule has 3 nitrogen and oxygen atoms in total. The molecule has 1 atom stereocenters. The first-order chi connectivity index (χ1) is 9.82. The number of ether oxygens (including phenoxy) is 1. The molecular weight excluding hydrogens is 290 g/mol. The summed E-state index contributed by atoms with van der Waals surface area (Å²) in [4.78, 5) is 0. The van der Waals surface area contributed by atoms with Gasteiger partial charge in [0.2, 0.25) is 0 Å². The van der Waals surface area contributed by atoms with Crippen LogP contribution in [-0.4, -0.2) is 7.11 Å². The predicted octanol–water partition coefficient (Wildman–Crippen LogP) is 3.63. The Morgan fingerprint density at radius 1 is 1.24 bits per heavy atom. The molecule has 0 saturated carbocycles. The summed E-state index contributed by atoms with van der Waals surface area (Å²) >= 11 is 0. The Morgan fingerprint density at radius 2 is 1.95 bits per heavy atom. The zero-order valence-corrected chi connectivity index (χ0v) is 11.1. The summed E-state index contributed by atoms with van der Waals surface area (Å²) in [5.74, 6) is -0.198. The van der Waals surface area contributed by atoms with Gasteiger partial charge in [-0.05, 0) is 30.3 Å². The van der Waals surface area contributed by atoms with Crippen molar-refractivity contribution in [2.45, 2.75) is 18.8 Å². The molecule has 0 spiro atoms. The minimum atomic E-state index is -4.56. The van der Waals surface area contributed by atoms with E-state index in [-0.39, 0.29) is 17.9 Å². The summed E-state index contributed by atoms with van der Waals surface area (Å²) in [5.41, 5.74) is 4.56. The fourth-order valence-electron chi connectivity index (χ4n) is 1.89. The highest BCUT2D eigenvalue weighted by Crippen LogP contribution is 2.33. The number of hydrogen-bond donors (Lipinski definition) is 1. The van der Waals surface area contributed by atoms with Crippen molar-refractivity contribution in [3.63, 3.8) is 0 Å². The van der Waals surface area contributed by atoms with E-state index in [0.29, 0.717) is 17.9 Å². The van der Waals surface area contributed by atoms with Gasteiger partial charge in [-0.15, -0.1) is 0 Å². The monoisotopic (exact) mass is 303 g/mol. The second-order valence-corrected chi connectivity index (χ2v) is 4.45. The summed E-state index contributed by atoms with van der Waals surface area (Å²) < 4.78 is 61.9. The van der Waals surface area contributed by atoms with Crippen molar-refractivity contribution < 1.29 is 26.7 Å². The maximum atomic E-state index is 13.7. The van der Waals surface area contributed by atoms with Crippen LogP contribution in [0.5, 0.6) is 0 Å². The van der Waals surface area contributed by atoms with Gasteiger partial charge in [-0.1, -0.05) is 0 Å². The van der Waals surface area contributed by atoms with E-state index in [1.54, 1.807) is 6.07 Å². The molecule has 0 fully saturated rings. The second-order valence-electron chi connectivity index (χ2n) is 4.45. The number of nitrogens with two attached hydrogens (primary N) is 1. The molecular formula is C14H13F4NO2. The Bertz CT molecular complexity index is 622. The van der Waals surface area contributed by atoms with Crippen LogP contribution in [0.1, 0.15) is 28.7 Å². The number of alkyl halides is 3. The van der Waals surface area contributed by atoms with Gasteiger partial charge in [-0.2, -0.15) is 13.2 Å². The number of hydrogen-bond acceptors (Lipinski definition) is 3. The average Bonchev–Trinajstić information content (AvgIpc) is 2.86. The van der Waals surface area contributed by atoms with Crippen LogP contribution in [0.25, 0.3) is 0 Å². The molecule has 1 aromatic carbocycles. The van der Waals surface area contributed by atoms with Crippen molar-refractivity contribution >= 4 is 0 Å². The molecule has 0 amide bonds. The molecule has 2 rings (SSSR count). The van der Waals surface area contributed by atoms with E-state index in [0.717, 1.165) is 6.07 Å². The number of halogens is 4. The van der Waals surface area contributed by atoms with Gasteiger partial charge in [0.05, 0.1) is 11.6 Å². The fourth-order valence-corrected chi connectivity index (χ4v) is 1.89. The summed E-state index contributed by atoms with van der Waals surface area (Å²) in [7, 11) is 1.47. The van der Waals surface area contributed by atoms with Crippen LogP contribution in [0, 0.1) is 5.82 Å². The third-order valence-electron chi connectivity index (χ3n) is 2.93. The van der Waals surface area contributed by atoms with E-state index in [9.17, 15) is 17.6 Å². The molecule has 0 bridgehead atoms. The van der Waals surface area contributed by atoms with Crippen LogP contribution in [0.15, 0.2) is 34.7 Å². The van der Waals surface area contributed by atoms with Gasteiger partial charge < -0.3 is 14.9 Å². The Balaban J connectivity index is 2.35. The van der Waals surface area contributed by atoms with Crippen LogP contribution in [0.4, 0.5) is 17.6 Å². The fraction of sp³-hybridized carbons (Fsp3) is 0.286. The van der Waals surface area contributed by atoms with Crippen molar-refractivity contribution in [1.29, 1.82) is 0 Å². The van der Waals surface area contributed by atoms with E-state index >= 15 is 0 Å². The van der Waals surface area contributed by atoms with Gasteiger partial charge >= 0.3 is 6.18 Å². The first-order valence-electron chi connectivity index (χ1n) is 6.02. The van der Waals surface area contributed by atoms with Crippen LogP contribution in [0.2, 0.25) is 0 Å². The lowest BCUT2D eigenvalue weighted by molar-refractivity contribution is -0.137. The Kier molecular flexibility index (Phi) is 4.34. The van der Waals surface area contributed by atoms with Crippen molar-refractivity contribution in [3.05, 3.63) is 58.8 Å². The van der Waals surface area contributed by atoms with Crippen LogP contribution in [0.3, 0.4) is 0 Å². The van der Waals surface area contributed by atoms with Crippen molar-refractivity contribution in [2.75, 3.05) is 7.11 Å². The first kappa shape index (κ1) is 15.5. The molecule has 0 aliphatic rings. The number of benzene rings is 1. The summed E-state index contributed by atoms with van der Waals surface area (Å²) in [6.07, 6.45) is -4.56. The third kappa shape index (κ3) is 3.43. The quantitative estimate of drug-likeness (QED) is 0.877. The van der Waals surface area contributed by atoms with Gasteiger partial charge in [-0.3, -0.25) is 0 Å². The highest BCUT2D eigenvalue weighted by Gasteiger charge is 2.32. The van der Waals surface area contributed by atoms with E-state index in [2.05, 4.69) is 0 Å². The molecule has 2 N–H and O–H groups in total. The largest absolute Gasteiger partial charge is 0.462 e. The average molecular weight is 303 g/mol. The van der Waals surface area contributed by atoms with Crippen molar-refractivity contribution in [1.82, 2.24) is 0 Å². The maximum Gasteiger partial charge on any atom is 0.416 e. The Labute approximate surface area is 118 Å². The zero-order chi connectivity index (χ0) is 15.6. The molecule has 1 unspecified atom stereocenters. The molecule has 21 heavy (non-hydrogen) atoms. The molecule has 0 radical (unpaired) electrons. The number of methoxy groups -OCH3 is 1. The van der Waals surface area contributed by atoms with Gasteiger partial charge in [0.15, 0.2) is 0 Å². The molecule has 0 aliphatic carbocycles. The molecule has 1 heterocycles. The van der Waals surface area contributed by atoms with Crippen LogP contribution >= 0.6 is 0 Å². The van der Waals surface area contributed by atoms with Crippen molar-refractivity contribution in [3.8, 4) is 0 Å². The van der Waals surface area contributed by atoms with Gasteiger partial charge in [0.1, 0.15) is 23.9 Å². The zero-order valence-electron chi connectivity index (χ0n) is 11.1. The topological polar surface area (TPSA) is 48.4 Å². The van der Waals surface area contributed by atoms with E-state index in [1.165, 1.54) is 13.2 Å². The summed E-state index contributed by atoms with van der Waals surface area (Å²) in [6.45, 7) is 0.192. The number of rotatable bonds is 4. The summed E-state index contributed by atoms with van der Waals surface area (Å²) in [5, 5.41) is 0. The van der Waals surface area contributed by atoms with Crippen LogP contribution < -0.4 is 5.73 Å². The van der Waals surface area contributed by atoms with E-state index < -0.39 is 23.6 Å². The third-order valence-corrected chi connectivity index (χ3v) is 2.93. The molecule has 114 valence electrons. The normalized spacial score (nSPS) is 13.4. The molecule has 0 saturated heterocycles. The predicted molar refractivity (Wildman–Crippen MR) is 66.9 cm³/mol. The van der Waals surface area contributed by atoms with Gasteiger partial charge in [0.25, 0.3) is 0 Å². The highest BCUT2D eigenvalue weighted by molar-refractivity contribution is 5.33. The molecule has 7 heteroatoms. The van der Waals surface area contributed by atoms with Gasteiger partial charge in [0, 0.05) is 12.7 Å².